The molecule has 0 unspecified atom stereocenters. The Bertz CT molecular complexity index is 363. The first-order valence-electron chi connectivity index (χ1n) is 5.45. The van der Waals surface area contributed by atoms with Gasteiger partial charge in [-0.25, -0.2) is 4.39 Å². The molecule has 1 aromatic rings. The van der Waals surface area contributed by atoms with Crippen LogP contribution >= 0.6 is 0 Å². The molecule has 0 aliphatic carbocycles. The Morgan fingerprint density at radius 3 is 3.00 bits per heavy atom. The summed E-state index contributed by atoms with van der Waals surface area (Å²) in [6, 6.07) is 3.63. The molecule has 0 amide bonds. The lowest BCUT2D eigenvalue weighted by molar-refractivity contribution is 0.604. The first kappa shape index (κ1) is 10.4. The van der Waals surface area contributed by atoms with E-state index in [1.807, 2.05) is 13.1 Å². The molecular weight excluding hydrogens is 191 g/mol. The molecule has 2 nitrogen and oxygen atoms in total. The summed E-state index contributed by atoms with van der Waals surface area (Å²) in [5, 5.41) is 0. The molecule has 1 aromatic carbocycles. The van der Waals surface area contributed by atoms with E-state index in [2.05, 4.69) is 4.90 Å². The fourth-order valence-electron chi connectivity index (χ4n) is 2.19. The lowest BCUT2D eigenvalue weighted by Crippen LogP contribution is -2.25. The summed E-state index contributed by atoms with van der Waals surface area (Å²) < 4.78 is 13.7. The summed E-state index contributed by atoms with van der Waals surface area (Å²) in [6.07, 6.45) is 2.83. The zero-order valence-electron chi connectivity index (χ0n) is 9.09. The maximum absolute atomic E-state index is 13.7. The van der Waals surface area contributed by atoms with E-state index < -0.39 is 0 Å². The molecule has 3 heteroatoms. The van der Waals surface area contributed by atoms with E-state index in [-0.39, 0.29) is 5.82 Å². The fraction of sp³-hybridized carbons (Fsp3) is 0.500. The van der Waals surface area contributed by atoms with Crippen molar-refractivity contribution in [2.75, 3.05) is 25.0 Å². The van der Waals surface area contributed by atoms with Gasteiger partial charge in [0.15, 0.2) is 0 Å². The van der Waals surface area contributed by atoms with E-state index in [0.29, 0.717) is 13.0 Å². The number of nitrogens with two attached hydrogens (primary N) is 1. The molecular formula is C12H17FN2. The van der Waals surface area contributed by atoms with Crippen molar-refractivity contribution >= 4 is 5.69 Å². The molecule has 1 aliphatic rings. The Balaban J connectivity index is 2.40. The Kier molecular flexibility index (Phi) is 2.91. The van der Waals surface area contributed by atoms with Crippen molar-refractivity contribution in [1.82, 2.24) is 0 Å². The van der Waals surface area contributed by atoms with Crippen molar-refractivity contribution in [3.63, 3.8) is 0 Å². The van der Waals surface area contributed by atoms with Gasteiger partial charge in [-0.05, 0) is 43.0 Å². The molecule has 1 heterocycles. The summed E-state index contributed by atoms with van der Waals surface area (Å²) in [6.45, 7) is 1.52. The highest BCUT2D eigenvalue weighted by Crippen LogP contribution is 2.28. The van der Waals surface area contributed by atoms with Crippen LogP contribution in [0, 0.1) is 5.82 Å². The maximum Gasteiger partial charge on any atom is 0.128 e. The molecule has 0 spiro atoms. The van der Waals surface area contributed by atoms with Crippen molar-refractivity contribution in [2.24, 2.45) is 5.73 Å². The van der Waals surface area contributed by atoms with Crippen LogP contribution in [-0.2, 0) is 12.8 Å². The number of rotatable bonds is 2. The minimum Gasteiger partial charge on any atom is -0.374 e. The molecule has 2 N–H and O–H groups in total. The van der Waals surface area contributed by atoms with Crippen LogP contribution in [0.1, 0.15) is 17.5 Å². The second kappa shape index (κ2) is 4.19. The Labute approximate surface area is 89.9 Å². The average molecular weight is 208 g/mol. The van der Waals surface area contributed by atoms with Crippen molar-refractivity contribution in [1.29, 1.82) is 0 Å². The monoisotopic (exact) mass is 208 g/mol. The highest BCUT2D eigenvalue weighted by molar-refractivity contribution is 5.56. The van der Waals surface area contributed by atoms with Crippen LogP contribution in [-0.4, -0.2) is 20.1 Å². The number of anilines is 1. The number of benzene rings is 1. The van der Waals surface area contributed by atoms with E-state index in [4.69, 9.17) is 5.73 Å². The van der Waals surface area contributed by atoms with Crippen LogP contribution in [0.2, 0.25) is 0 Å². The van der Waals surface area contributed by atoms with Crippen LogP contribution in [0.3, 0.4) is 0 Å². The van der Waals surface area contributed by atoms with E-state index in [1.165, 1.54) is 5.56 Å². The third-order valence-corrected chi connectivity index (χ3v) is 3.01. The molecule has 0 saturated heterocycles. The molecule has 15 heavy (non-hydrogen) atoms. The first-order chi connectivity index (χ1) is 7.22. The Hall–Kier alpha value is -1.09. The molecule has 0 atom stereocenters. The molecule has 0 saturated carbocycles. The predicted octanol–water partition coefficient (Wildman–Crippen LogP) is 1.71. The highest BCUT2D eigenvalue weighted by Gasteiger charge is 2.16. The SMILES string of the molecule is CN1CCCc2cc(CCN)c(F)cc21. The van der Waals surface area contributed by atoms with Crippen molar-refractivity contribution in [2.45, 2.75) is 19.3 Å². The lowest BCUT2D eigenvalue weighted by atomic mass is 9.98. The number of halogens is 1. The van der Waals surface area contributed by atoms with Gasteiger partial charge < -0.3 is 10.6 Å². The first-order valence-corrected chi connectivity index (χ1v) is 5.45. The largest absolute Gasteiger partial charge is 0.374 e. The fourth-order valence-corrected chi connectivity index (χ4v) is 2.19. The topological polar surface area (TPSA) is 29.3 Å². The summed E-state index contributed by atoms with van der Waals surface area (Å²) >= 11 is 0. The average Bonchev–Trinajstić information content (AvgIpc) is 2.21. The van der Waals surface area contributed by atoms with E-state index in [1.54, 1.807) is 6.07 Å². The van der Waals surface area contributed by atoms with Crippen LogP contribution < -0.4 is 10.6 Å². The number of aryl methyl sites for hydroxylation is 1. The number of nitrogens with zero attached hydrogens (tertiary/aromatic N) is 1. The zero-order chi connectivity index (χ0) is 10.8. The second-order valence-electron chi connectivity index (χ2n) is 4.14. The van der Waals surface area contributed by atoms with Crippen LogP contribution in [0.4, 0.5) is 10.1 Å². The normalized spacial score (nSPS) is 15.3. The van der Waals surface area contributed by atoms with Gasteiger partial charge in [-0.1, -0.05) is 6.07 Å². The van der Waals surface area contributed by atoms with Crippen LogP contribution in [0.25, 0.3) is 0 Å². The molecule has 2 rings (SSSR count). The zero-order valence-corrected chi connectivity index (χ0v) is 9.09. The van der Waals surface area contributed by atoms with Gasteiger partial charge in [-0.3, -0.25) is 0 Å². The number of hydrogen-bond acceptors (Lipinski definition) is 2. The van der Waals surface area contributed by atoms with Gasteiger partial charge in [0.2, 0.25) is 0 Å². The lowest BCUT2D eigenvalue weighted by Gasteiger charge is -2.28. The van der Waals surface area contributed by atoms with Gasteiger partial charge in [0.25, 0.3) is 0 Å². The van der Waals surface area contributed by atoms with Gasteiger partial charge >= 0.3 is 0 Å². The summed E-state index contributed by atoms with van der Waals surface area (Å²) in [4.78, 5) is 2.12. The molecule has 1 aliphatic heterocycles. The van der Waals surface area contributed by atoms with Gasteiger partial charge in [-0.2, -0.15) is 0 Å². The Morgan fingerprint density at radius 2 is 2.27 bits per heavy atom. The van der Waals surface area contributed by atoms with E-state index in [0.717, 1.165) is 30.6 Å². The summed E-state index contributed by atoms with van der Waals surface area (Å²) in [5.41, 5.74) is 8.51. The van der Waals surface area contributed by atoms with Crippen molar-refractivity contribution in [3.8, 4) is 0 Å². The second-order valence-corrected chi connectivity index (χ2v) is 4.14. The molecule has 82 valence electrons. The molecule has 0 fully saturated rings. The quantitative estimate of drug-likeness (QED) is 0.801. The van der Waals surface area contributed by atoms with Gasteiger partial charge in [0, 0.05) is 19.3 Å². The minimum atomic E-state index is -0.118. The molecule has 0 bridgehead atoms. The number of hydrogen-bond donors (Lipinski definition) is 1. The van der Waals surface area contributed by atoms with E-state index in [9.17, 15) is 4.39 Å². The smallest absolute Gasteiger partial charge is 0.128 e. The van der Waals surface area contributed by atoms with Crippen LogP contribution in [0.5, 0.6) is 0 Å². The van der Waals surface area contributed by atoms with Gasteiger partial charge in [0.05, 0.1) is 0 Å². The maximum atomic E-state index is 13.7. The Morgan fingerprint density at radius 1 is 1.47 bits per heavy atom. The summed E-state index contributed by atoms with van der Waals surface area (Å²) in [5.74, 6) is -0.118. The standard InChI is InChI=1S/C12H17FN2/c1-15-6-2-3-10-7-9(4-5-14)11(13)8-12(10)15/h7-8H,2-6,14H2,1H3. The van der Waals surface area contributed by atoms with E-state index >= 15 is 0 Å². The van der Waals surface area contributed by atoms with Crippen LogP contribution in [0.15, 0.2) is 12.1 Å². The van der Waals surface area contributed by atoms with Crippen molar-refractivity contribution in [3.05, 3.63) is 29.1 Å². The molecule has 0 aromatic heterocycles. The van der Waals surface area contributed by atoms with Gasteiger partial charge in [-0.15, -0.1) is 0 Å². The molecule has 0 radical (unpaired) electrons. The predicted molar refractivity (Wildman–Crippen MR) is 60.7 cm³/mol. The third kappa shape index (κ3) is 1.97. The minimum absolute atomic E-state index is 0.118. The third-order valence-electron chi connectivity index (χ3n) is 3.01. The highest BCUT2D eigenvalue weighted by atomic mass is 19.1. The van der Waals surface area contributed by atoms with Crippen molar-refractivity contribution < 1.29 is 4.39 Å². The number of fused-ring (bicyclic) bond motifs is 1. The summed E-state index contributed by atoms with van der Waals surface area (Å²) in [7, 11) is 2.01. The van der Waals surface area contributed by atoms with Gasteiger partial charge in [0.1, 0.15) is 5.82 Å².